The Morgan fingerprint density at radius 3 is 2.70 bits per heavy atom. The summed E-state index contributed by atoms with van der Waals surface area (Å²) in [6.07, 6.45) is 0. The lowest BCUT2D eigenvalue weighted by molar-refractivity contribution is 0.102. The largest absolute Gasteiger partial charge is 0.337 e. The van der Waals surface area contributed by atoms with Crippen molar-refractivity contribution in [1.82, 2.24) is 19.9 Å². The molecule has 0 unspecified atom stereocenters. The maximum absolute atomic E-state index is 12.8. The van der Waals surface area contributed by atoms with Crippen LogP contribution in [0.2, 0.25) is 0 Å². The van der Waals surface area contributed by atoms with E-state index >= 15 is 0 Å². The van der Waals surface area contributed by atoms with Crippen molar-refractivity contribution in [2.45, 2.75) is 0 Å². The molecule has 7 nitrogen and oxygen atoms in total. The fourth-order valence-corrected chi connectivity index (χ4v) is 3.72. The van der Waals surface area contributed by atoms with Gasteiger partial charge in [0.1, 0.15) is 11.3 Å². The number of rotatable bonds is 3. The molecule has 8 heteroatoms. The molecule has 0 bridgehead atoms. The second kappa shape index (κ2) is 5.96. The molecule has 0 saturated carbocycles. The van der Waals surface area contributed by atoms with Gasteiger partial charge in [0.2, 0.25) is 0 Å². The van der Waals surface area contributed by atoms with Crippen LogP contribution in [0.4, 0.5) is 5.69 Å². The second-order valence-corrected chi connectivity index (χ2v) is 7.01. The third kappa shape index (κ3) is 2.72. The van der Waals surface area contributed by atoms with Crippen LogP contribution in [0.5, 0.6) is 0 Å². The maximum atomic E-state index is 12.8. The van der Waals surface area contributed by atoms with Gasteiger partial charge in [-0.2, -0.15) is 0 Å². The first-order valence-corrected chi connectivity index (χ1v) is 9.11. The van der Waals surface area contributed by atoms with Crippen molar-refractivity contribution in [3.63, 3.8) is 0 Å². The minimum atomic E-state index is -0.282. The molecule has 0 fully saturated rings. The molecule has 1 amide bonds. The summed E-state index contributed by atoms with van der Waals surface area (Å²) in [6.45, 7) is 0. The standard InChI is InChI=1S/C19H13N5O2S/c25-18(20-10-6-7-12-14(9-10)23-19(26)22-12)11-3-1-4-13-16(11)24-17(21-13)15-5-2-8-27-15/h1-9H,(H,20,25)(H,21,24)(H2,22,23,26). The van der Waals surface area contributed by atoms with E-state index in [1.807, 2.05) is 29.6 Å². The first kappa shape index (κ1) is 15.6. The van der Waals surface area contributed by atoms with Gasteiger partial charge in [-0.05, 0) is 41.8 Å². The number of H-pyrrole nitrogens is 3. The first-order valence-electron chi connectivity index (χ1n) is 8.23. The van der Waals surface area contributed by atoms with Gasteiger partial charge in [-0.1, -0.05) is 12.1 Å². The molecule has 2 aromatic carbocycles. The molecule has 0 saturated heterocycles. The molecule has 0 radical (unpaired) electrons. The number of para-hydroxylation sites is 1. The van der Waals surface area contributed by atoms with Gasteiger partial charge in [-0.25, -0.2) is 9.78 Å². The van der Waals surface area contributed by atoms with Crippen molar-refractivity contribution in [2.75, 3.05) is 5.32 Å². The van der Waals surface area contributed by atoms with Crippen LogP contribution in [0.3, 0.4) is 0 Å². The topological polar surface area (TPSA) is 106 Å². The van der Waals surface area contributed by atoms with Gasteiger partial charge in [0, 0.05) is 5.69 Å². The lowest BCUT2D eigenvalue weighted by Gasteiger charge is -2.06. The van der Waals surface area contributed by atoms with E-state index in [-0.39, 0.29) is 11.6 Å². The highest BCUT2D eigenvalue weighted by atomic mass is 32.1. The molecule has 0 atom stereocenters. The number of carbonyl (C=O) groups excluding carboxylic acids is 1. The zero-order valence-corrected chi connectivity index (χ0v) is 14.7. The Balaban J connectivity index is 1.51. The van der Waals surface area contributed by atoms with E-state index in [2.05, 4.69) is 25.3 Å². The molecule has 3 heterocycles. The summed E-state index contributed by atoms with van der Waals surface area (Å²) in [4.78, 5) is 38.4. The fraction of sp³-hybridized carbons (Fsp3) is 0. The minimum absolute atomic E-state index is 0.262. The summed E-state index contributed by atoms with van der Waals surface area (Å²) in [5.41, 5.74) is 3.54. The van der Waals surface area contributed by atoms with Gasteiger partial charge in [0.25, 0.3) is 5.91 Å². The highest BCUT2D eigenvalue weighted by Gasteiger charge is 2.15. The molecule has 27 heavy (non-hydrogen) atoms. The van der Waals surface area contributed by atoms with Crippen LogP contribution in [-0.2, 0) is 0 Å². The van der Waals surface area contributed by atoms with Crippen molar-refractivity contribution in [3.05, 3.63) is 70.0 Å². The van der Waals surface area contributed by atoms with E-state index in [9.17, 15) is 9.59 Å². The number of thiophene rings is 1. The molecule has 0 aliphatic rings. The van der Waals surface area contributed by atoms with Crippen LogP contribution >= 0.6 is 11.3 Å². The van der Waals surface area contributed by atoms with Crippen molar-refractivity contribution in [3.8, 4) is 10.7 Å². The third-order valence-electron chi connectivity index (χ3n) is 4.29. The molecule has 3 aromatic heterocycles. The summed E-state index contributed by atoms with van der Waals surface area (Å²) in [6, 6.07) is 14.6. The van der Waals surface area contributed by atoms with Gasteiger partial charge >= 0.3 is 5.69 Å². The summed E-state index contributed by atoms with van der Waals surface area (Å²) in [5.74, 6) is 0.480. The van der Waals surface area contributed by atoms with Crippen LogP contribution in [-0.4, -0.2) is 25.8 Å². The molecule has 0 aliphatic carbocycles. The smallest absolute Gasteiger partial charge is 0.323 e. The number of benzene rings is 2. The number of nitrogens with zero attached hydrogens (tertiary/aromatic N) is 1. The third-order valence-corrected chi connectivity index (χ3v) is 5.16. The van der Waals surface area contributed by atoms with E-state index in [1.165, 1.54) is 0 Å². The molecule has 5 rings (SSSR count). The molecule has 0 spiro atoms. The molecular formula is C19H13N5O2S. The first-order chi connectivity index (χ1) is 13.2. The Bertz CT molecular complexity index is 1340. The molecule has 132 valence electrons. The number of hydrogen-bond acceptors (Lipinski definition) is 4. The van der Waals surface area contributed by atoms with Crippen LogP contribution in [0.25, 0.3) is 32.8 Å². The van der Waals surface area contributed by atoms with Crippen LogP contribution < -0.4 is 11.0 Å². The van der Waals surface area contributed by atoms with Crippen molar-refractivity contribution >= 4 is 45.0 Å². The lowest BCUT2D eigenvalue weighted by Crippen LogP contribution is -2.12. The van der Waals surface area contributed by atoms with Gasteiger partial charge in [0.05, 0.1) is 27.0 Å². The zero-order chi connectivity index (χ0) is 18.4. The normalized spacial score (nSPS) is 11.3. The van der Waals surface area contributed by atoms with Gasteiger partial charge in [-0.3, -0.25) is 4.79 Å². The minimum Gasteiger partial charge on any atom is -0.337 e. The quantitative estimate of drug-likeness (QED) is 0.386. The number of anilines is 1. The van der Waals surface area contributed by atoms with Crippen molar-refractivity contribution in [1.29, 1.82) is 0 Å². The van der Waals surface area contributed by atoms with E-state index in [1.54, 1.807) is 35.6 Å². The Morgan fingerprint density at radius 1 is 0.963 bits per heavy atom. The molecule has 4 N–H and O–H groups in total. The molecule has 0 aliphatic heterocycles. The average Bonchev–Trinajstić information content (AvgIpc) is 3.38. The average molecular weight is 375 g/mol. The lowest BCUT2D eigenvalue weighted by atomic mass is 10.1. The second-order valence-electron chi connectivity index (χ2n) is 6.06. The molecular weight excluding hydrogens is 362 g/mol. The Kier molecular flexibility index (Phi) is 3.44. The summed E-state index contributed by atoms with van der Waals surface area (Å²) < 4.78 is 0. The van der Waals surface area contributed by atoms with E-state index in [0.717, 1.165) is 16.2 Å². The number of nitrogens with one attached hydrogen (secondary N) is 4. The number of hydrogen-bond donors (Lipinski definition) is 4. The number of aromatic amines is 3. The van der Waals surface area contributed by atoms with E-state index in [4.69, 9.17) is 0 Å². The van der Waals surface area contributed by atoms with Crippen LogP contribution in [0.1, 0.15) is 10.4 Å². The van der Waals surface area contributed by atoms with Gasteiger partial charge in [-0.15, -0.1) is 11.3 Å². The Morgan fingerprint density at radius 2 is 1.85 bits per heavy atom. The fourth-order valence-electron chi connectivity index (χ4n) is 3.05. The van der Waals surface area contributed by atoms with Crippen LogP contribution in [0.15, 0.2) is 58.7 Å². The van der Waals surface area contributed by atoms with E-state index in [0.29, 0.717) is 27.8 Å². The summed E-state index contributed by atoms with van der Waals surface area (Å²) >= 11 is 1.58. The van der Waals surface area contributed by atoms with Gasteiger partial charge < -0.3 is 20.3 Å². The van der Waals surface area contributed by atoms with Gasteiger partial charge in [0.15, 0.2) is 0 Å². The predicted molar refractivity (Wildman–Crippen MR) is 106 cm³/mol. The Labute approximate surface area is 156 Å². The van der Waals surface area contributed by atoms with Crippen molar-refractivity contribution in [2.24, 2.45) is 0 Å². The Hall–Kier alpha value is -3.65. The van der Waals surface area contributed by atoms with E-state index < -0.39 is 0 Å². The number of aromatic nitrogens is 4. The highest BCUT2D eigenvalue weighted by molar-refractivity contribution is 7.13. The summed E-state index contributed by atoms with van der Waals surface area (Å²) in [5, 5.41) is 4.85. The van der Waals surface area contributed by atoms with Crippen molar-refractivity contribution < 1.29 is 4.79 Å². The SMILES string of the molecule is O=C(Nc1ccc2[nH]c(=O)[nH]c2c1)c1cccc2[nH]c(-c3cccs3)nc12. The number of fused-ring (bicyclic) bond motifs is 2. The number of amides is 1. The maximum Gasteiger partial charge on any atom is 0.323 e. The molecule has 5 aromatic rings. The number of imidazole rings is 2. The predicted octanol–water partition coefficient (Wildman–Crippen LogP) is 3.71. The number of carbonyl (C=O) groups is 1. The monoisotopic (exact) mass is 375 g/mol. The summed E-state index contributed by atoms with van der Waals surface area (Å²) in [7, 11) is 0. The van der Waals surface area contributed by atoms with Crippen LogP contribution in [0, 0.1) is 0 Å². The zero-order valence-electron chi connectivity index (χ0n) is 13.9. The highest BCUT2D eigenvalue weighted by Crippen LogP contribution is 2.26.